The smallest absolute Gasteiger partial charge is 0.306 e. The summed E-state index contributed by atoms with van der Waals surface area (Å²) >= 11 is 6.96. The van der Waals surface area contributed by atoms with Crippen molar-refractivity contribution >= 4 is 17.6 Å². The van der Waals surface area contributed by atoms with E-state index in [1.807, 2.05) is 36.4 Å². The molecule has 0 saturated heterocycles. The molecule has 1 fully saturated rings. The Morgan fingerprint density at radius 3 is 2.42 bits per heavy atom. The maximum Gasteiger partial charge on any atom is 0.306 e. The summed E-state index contributed by atoms with van der Waals surface area (Å²) in [5.41, 5.74) is 3.79. The highest BCUT2D eigenvalue weighted by molar-refractivity contribution is 6.21. The summed E-state index contributed by atoms with van der Waals surface area (Å²) in [5, 5.41) is -0.357. The number of esters is 1. The second-order valence-corrected chi connectivity index (χ2v) is 11.5. The van der Waals surface area contributed by atoms with Crippen LogP contribution in [0.3, 0.4) is 0 Å². The van der Waals surface area contributed by atoms with E-state index in [0.29, 0.717) is 30.3 Å². The lowest BCUT2D eigenvalue weighted by Gasteiger charge is -2.28. The minimum absolute atomic E-state index is 0.137. The van der Waals surface area contributed by atoms with Crippen LogP contribution >= 0.6 is 11.6 Å². The Bertz CT molecular complexity index is 1280. The van der Waals surface area contributed by atoms with E-state index >= 15 is 0 Å². The lowest BCUT2D eigenvalue weighted by atomic mass is 9.83. The zero-order valence-corrected chi connectivity index (χ0v) is 23.5. The molecule has 3 aromatic rings. The number of carbonyl (C=O) groups is 1. The van der Waals surface area contributed by atoms with Gasteiger partial charge < -0.3 is 14.2 Å². The number of hydrogen-bond acceptors (Lipinski definition) is 4. The Morgan fingerprint density at radius 2 is 1.76 bits per heavy atom. The van der Waals surface area contributed by atoms with Crippen LogP contribution in [0.5, 0.6) is 11.5 Å². The molecule has 1 unspecified atom stereocenters. The molecule has 0 heterocycles. The van der Waals surface area contributed by atoms with Crippen LogP contribution in [-0.4, -0.2) is 20.2 Å². The summed E-state index contributed by atoms with van der Waals surface area (Å²) < 4.78 is 31.4. The van der Waals surface area contributed by atoms with Crippen LogP contribution < -0.4 is 9.47 Å². The molecular formula is C32H36ClFO4. The van der Waals surface area contributed by atoms with E-state index in [4.69, 9.17) is 25.8 Å². The van der Waals surface area contributed by atoms with Gasteiger partial charge in [-0.05, 0) is 82.7 Å². The molecule has 3 aromatic carbocycles. The summed E-state index contributed by atoms with van der Waals surface area (Å²) in [5.74, 6) is 1.44. The topological polar surface area (TPSA) is 44.8 Å². The lowest BCUT2D eigenvalue weighted by Crippen LogP contribution is -2.15. The van der Waals surface area contributed by atoms with Gasteiger partial charge in [0.05, 0.1) is 26.0 Å². The van der Waals surface area contributed by atoms with Gasteiger partial charge in [0.2, 0.25) is 0 Å². The molecule has 4 rings (SSSR count). The van der Waals surface area contributed by atoms with Gasteiger partial charge in [-0.15, -0.1) is 11.6 Å². The van der Waals surface area contributed by atoms with Gasteiger partial charge in [0, 0.05) is 5.56 Å². The average molecular weight is 539 g/mol. The zero-order valence-electron chi connectivity index (χ0n) is 22.7. The molecule has 0 aromatic heterocycles. The van der Waals surface area contributed by atoms with Crippen LogP contribution in [0.15, 0.2) is 60.7 Å². The van der Waals surface area contributed by atoms with Gasteiger partial charge in [0.15, 0.2) is 0 Å². The van der Waals surface area contributed by atoms with Crippen LogP contribution in [0.25, 0.3) is 11.1 Å². The van der Waals surface area contributed by atoms with Gasteiger partial charge in [0.25, 0.3) is 0 Å². The first-order chi connectivity index (χ1) is 18.1. The van der Waals surface area contributed by atoms with Gasteiger partial charge in [0.1, 0.15) is 23.9 Å². The van der Waals surface area contributed by atoms with Crippen LogP contribution in [-0.2, 0) is 16.1 Å². The molecule has 1 saturated carbocycles. The van der Waals surface area contributed by atoms with Crippen LogP contribution in [0.2, 0.25) is 0 Å². The predicted molar refractivity (Wildman–Crippen MR) is 149 cm³/mol. The summed E-state index contributed by atoms with van der Waals surface area (Å²) in [7, 11) is 2.99. The molecule has 0 spiro atoms. The number of hydrogen-bond donors (Lipinski definition) is 0. The molecule has 202 valence electrons. The maximum atomic E-state index is 14.9. The molecule has 4 nitrogen and oxygen atoms in total. The summed E-state index contributed by atoms with van der Waals surface area (Å²) in [6.45, 7) is 6.52. The minimum Gasteiger partial charge on any atom is -0.497 e. The second kappa shape index (κ2) is 11.8. The van der Waals surface area contributed by atoms with Gasteiger partial charge in [-0.25, -0.2) is 4.39 Å². The van der Waals surface area contributed by atoms with Gasteiger partial charge >= 0.3 is 5.97 Å². The second-order valence-electron chi connectivity index (χ2n) is 11.1. The molecule has 0 N–H and O–H groups in total. The highest BCUT2D eigenvalue weighted by Crippen LogP contribution is 2.46. The Kier molecular flexibility index (Phi) is 8.67. The van der Waals surface area contributed by atoms with Crippen molar-refractivity contribution in [2.75, 3.05) is 14.2 Å². The number of methoxy groups -OCH3 is 2. The van der Waals surface area contributed by atoms with Crippen molar-refractivity contribution in [2.24, 2.45) is 11.3 Å². The quantitative estimate of drug-likeness (QED) is 0.192. The molecule has 1 aliphatic carbocycles. The summed E-state index contributed by atoms with van der Waals surface area (Å²) in [6, 6.07) is 18.5. The fourth-order valence-corrected chi connectivity index (χ4v) is 4.96. The number of rotatable bonds is 10. The third-order valence-electron chi connectivity index (χ3n) is 7.11. The Morgan fingerprint density at radius 1 is 1.00 bits per heavy atom. The van der Waals surface area contributed by atoms with E-state index in [2.05, 4.69) is 26.8 Å². The van der Waals surface area contributed by atoms with E-state index in [1.54, 1.807) is 19.2 Å². The molecule has 2 atom stereocenters. The first-order valence-corrected chi connectivity index (χ1v) is 13.4. The largest absolute Gasteiger partial charge is 0.497 e. The van der Waals surface area contributed by atoms with Crippen molar-refractivity contribution in [1.29, 1.82) is 0 Å². The molecule has 6 heteroatoms. The summed E-state index contributed by atoms with van der Waals surface area (Å²) in [6.07, 6.45) is 2.63. The first-order valence-electron chi connectivity index (χ1n) is 13.0. The van der Waals surface area contributed by atoms with Crippen LogP contribution in [0.1, 0.15) is 68.0 Å². The third-order valence-corrected chi connectivity index (χ3v) is 8.00. The van der Waals surface area contributed by atoms with E-state index in [-0.39, 0.29) is 28.5 Å². The van der Waals surface area contributed by atoms with Crippen molar-refractivity contribution in [3.8, 4) is 22.6 Å². The van der Waals surface area contributed by atoms with Crippen molar-refractivity contribution < 1.29 is 23.4 Å². The van der Waals surface area contributed by atoms with Gasteiger partial charge in [-0.2, -0.15) is 0 Å². The van der Waals surface area contributed by atoms with Crippen molar-refractivity contribution in [3.05, 3.63) is 83.2 Å². The normalized spacial score (nSPS) is 15.0. The average Bonchev–Trinajstić information content (AvgIpc) is 3.75. The molecule has 0 aliphatic heterocycles. The fraction of sp³-hybridized carbons (Fsp3) is 0.406. The monoisotopic (exact) mass is 538 g/mol. The highest BCUT2D eigenvalue weighted by atomic mass is 35.5. The number of benzene rings is 3. The standard InChI is InChI=1S/C32H36ClFO4/c1-32(2,3)31(33)28-15-20(9-13-25(28)27-17-23(36-4)12-14-29(27)34)19-38-24-8-6-7-22(16-24)26(21-10-11-21)18-30(35)37-5/h6-9,12-17,21,26,31H,10-11,18-19H2,1-5H3/t26-,31?/m1/s1. The highest BCUT2D eigenvalue weighted by Gasteiger charge is 2.34. The molecule has 1 aliphatic rings. The molecule has 0 bridgehead atoms. The van der Waals surface area contributed by atoms with Gasteiger partial charge in [-0.1, -0.05) is 51.1 Å². The van der Waals surface area contributed by atoms with Crippen molar-refractivity contribution in [2.45, 2.75) is 57.9 Å². The van der Waals surface area contributed by atoms with Crippen LogP contribution in [0.4, 0.5) is 4.39 Å². The van der Waals surface area contributed by atoms with E-state index in [0.717, 1.165) is 40.8 Å². The molecule has 0 amide bonds. The Hall–Kier alpha value is -3.05. The van der Waals surface area contributed by atoms with E-state index in [1.165, 1.54) is 13.2 Å². The molecule has 0 radical (unpaired) electrons. The lowest BCUT2D eigenvalue weighted by molar-refractivity contribution is -0.141. The minimum atomic E-state index is -0.357. The SMILES string of the molecule is COC(=O)C[C@@H](c1cccc(OCc2ccc(-c3cc(OC)ccc3F)c(C(Cl)C(C)(C)C)c2)c1)C1CC1. The Labute approximate surface area is 230 Å². The van der Waals surface area contributed by atoms with E-state index in [9.17, 15) is 9.18 Å². The fourth-order valence-electron chi connectivity index (χ4n) is 4.78. The number of carbonyl (C=O) groups excluding carboxylic acids is 1. The number of alkyl halides is 1. The van der Waals surface area contributed by atoms with Crippen molar-refractivity contribution in [1.82, 2.24) is 0 Å². The molecule has 38 heavy (non-hydrogen) atoms. The zero-order chi connectivity index (χ0) is 27.4. The van der Waals surface area contributed by atoms with Crippen LogP contribution in [0, 0.1) is 17.2 Å². The third kappa shape index (κ3) is 6.68. The number of halogens is 2. The Balaban J connectivity index is 1.60. The van der Waals surface area contributed by atoms with Gasteiger partial charge in [-0.3, -0.25) is 4.79 Å². The first kappa shape index (κ1) is 28.0. The number of ether oxygens (including phenoxy) is 3. The maximum absolute atomic E-state index is 14.9. The van der Waals surface area contributed by atoms with Crippen molar-refractivity contribution in [3.63, 3.8) is 0 Å². The summed E-state index contributed by atoms with van der Waals surface area (Å²) in [4.78, 5) is 12.0. The molecular weight excluding hydrogens is 503 g/mol. The predicted octanol–water partition coefficient (Wildman–Crippen LogP) is 8.46. The van der Waals surface area contributed by atoms with E-state index < -0.39 is 0 Å².